The zero-order valence-electron chi connectivity index (χ0n) is 11.7. The molecule has 1 aromatic carbocycles. The van der Waals surface area contributed by atoms with Gasteiger partial charge in [-0.05, 0) is 37.1 Å². The van der Waals surface area contributed by atoms with Crippen molar-refractivity contribution < 1.29 is 24.1 Å². The Labute approximate surface area is 122 Å². The van der Waals surface area contributed by atoms with Crippen molar-refractivity contribution in [2.24, 2.45) is 10.7 Å². The summed E-state index contributed by atoms with van der Waals surface area (Å²) in [5, 5.41) is 9.11. The molecule has 0 unspecified atom stereocenters. The maximum atomic E-state index is 11.1. The maximum Gasteiger partial charge on any atom is 0.328 e. The fourth-order valence-corrected chi connectivity index (χ4v) is 1.97. The molecule has 2 rings (SSSR count). The quantitative estimate of drug-likeness (QED) is 0.728. The SMILES string of the molecule is COc1cc(C=N[C@@H](CCCN)C(=O)O)cc2c1OCO2. The number of hydrogen-bond donors (Lipinski definition) is 2. The van der Waals surface area contributed by atoms with Gasteiger partial charge in [-0.25, -0.2) is 4.79 Å². The molecule has 0 saturated carbocycles. The van der Waals surface area contributed by atoms with Crippen molar-refractivity contribution in [3.8, 4) is 17.2 Å². The molecule has 0 fully saturated rings. The van der Waals surface area contributed by atoms with Crippen LogP contribution in [0.2, 0.25) is 0 Å². The van der Waals surface area contributed by atoms with Crippen LogP contribution in [0.5, 0.6) is 17.2 Å². The summed E-state index contributed by atoms with van der Waals surface area (Å²) in [6.07, 6.45) is 2.52. The van der Waals surface area contributed by atoms with Gasteiger partial charge in [0.1, 0.15) is 6.04 Å². The molecule has 1 aliphatic heterocycles. The topological polar surface area (TPSA) is 103 Å². The minimum atomic E-state index is -0.965. The van der Waals surface area contributed by atoms with E-state index in [9.17, 15) is 4.79 Å². The lowest BCUT2D eigenvalue weighted by atomic mass is 10.1. The van der Waals surface area contributed by atoms with Crippen LogP contribution >= 0.6 is 0 Å². The second-order valence-corrected chi connectivity index (χ2v) is 4.52. The summed E-state index contributed by atoms with van der Waals surface area (Å²) in [6, 6.07) is 2.65. The van der Waals surface area contributed by atoms with Crippen LogP contribution in [0, 0.1) is 0 Å². The number of fused-ring (bicyclic) bond motifs is 1. The second kappa shape index (κ2) is 6.94. The van der Waals surface area contributed by atoms with E-state index in [0.717, 1.165) is 0 Å². The molecule has 1 heterocycles. The predicted molar refractivity (Wildman–Crippen MR) is 76.4 cm³/mol. The first kappa shape index (κ1) is 15.1. The van der Waals surface area contributed by atoms with Gasteiger partial charge in [0, 0.05) is 6.21 Å². The molecule has 114 valence electrons. The summed E-state index contributed by atoms with van der Waals surface area (Å²) >= 11 is 0. The predicted octanol–water partition coefficient (Wildman–Crippen LogP) is 1.03. The van der Waals surface area contributed by atoms with E-state index in [1.165, 1.54) is 13.3 Å². The van der Waals surface area contributed by atoms with E-state index < -0.39 is 12.0 Å². The first-order valence-electron chi connectivity index (χ1n) is 6.59. The molecule has 1 aliphatic rings. The number of carboxylic acids is 1. The molecular formula is C14H18N2O5. The molecule has 0 saturated heterocycles. The third kappa shape index (κ3) is 3.63. The molecular weight excluding hydrogens is 276 g/mol. The number of nitrogens with two attached hydrogens (primary N) is 1. The molecule has 3 N–H and O–H groups in total. The Morgan fingerprint density at radius 1 is 1.57 bits per heavy atom. The van der Waals surface area contributed by atoms with E-state index in [4.69, 9.17) is 25.1 Å². The van der Waals surface area contributed by atoms with Crippen LogP contribution in [0.3, 0.4) is 0 Å². The Hall–Kier alpha value is -2.28. The second-order valence-electron chi connectivity index (χ2n) is 4.52. The van der Waals surface area contributed by atoms with Crippen molar-refractivity contribution in [1.29, 1.82) is 0 Å². The number of benzene rings is 1. The van der Waals surface area contributed by atoms with Gasteiger partial charge in [-0.2, -0.15) is 0 Å². The molecule has 0 radical (unpaired) electrons. The van der Waals surface area contributed by atoms with Crippen molar-refractivity contribution in [3.05, 3.63) is 17.7 Å². The van der Waals surface area contributed by atoms with Gasteiger partial charge in [-0.3, -0.25) is 4.99 Å². The van der Waals surface area contributed by atoms with E-state index in [-0.39, 0.29) is 6.79 Å². The monoisotopic (exact) mass is 294 g/mol. The summed E-state index contributed by atoms with van der Waals surface area (Å²) in [6.45, 7) is 0.581. The van der Waals surface area contributed by atoms with E-state index in [2.05, 4.69) is 4.99 Å². The number of methoxy groups -OCH3 is 1. The first-order valence-corrected chi connectivity index (χ1v) is 6.59. The van der Waals surface area contributed by atoms with Crippen molar-refractivity contribution >= 4 is 12.2 Å². The Morgan fingerprint density at radius 3 is 3.05 bits per heavy atom. The summed E-state index contributed by atoms with van der Waals surface area (Å²) in [5.41, 5.74) is 6.08. The standard InChI is InChI=1S/C14H18N2O5/c1-19-11-5-9(6-12-13(11)21-8-20-12)7-16-10(14(17)18)3-2-4-15/h5-7,10H,2-4,8,15H2,1H3,(H,17,18)/t10-/m0/s1. The highest BCUT2D eigenvalue weighted by atomic mass is 16.7. The van der Waals surface area contributed by atoms with Crippen LogP contribution < -0.4 is 19.9 Å². The van der Waals surface area contributed by atoms with Crippen LogP contribution in [-0.4, -0.2) is 43.8 Å². The molecule has 0 aliphatic carbocycles. The van der Waals surface area contributed by atoms with Gasteiger partial charge in [-0.1, -0.05) is 0 Å². The molecule has 0 spiro atoms. The van der Waals surface area contributed by atoms with E-state index in [1.54, 1.807) is 12.1 Å². The van der Waals surface area contributed by atoms with Crippen molar-refractivity contribution in [2.75, 3.05) is 20.4 Å². The van der Waals surface area contributed by atoms with Crippen LogP contribution in [0.15, 0.2) is 17.1 Å². The molecule has 7 nitrogen and oxygen atoms in total. The molecule has 1 atom stereocenters. The minimum absolute atomic E-state index is 0.139. The van der Waals surface area contributed by atoms with E-state index >= 15 is 0 Å². The fraction of sp³-hybridized carbons (Fsp3) is 0.429. The maximum absolute atomic E-state index is 11.1. The summed E-state index contributed by atoms with van der Waals surface area (Å²) in [4.78, 5) is 15.2. The number of carbonyl (C=O) groups is 1. The zero-order chi connectivity index (χ0) is 15.2. The van der Waals surface area contributed by atoms with Crippen LogP contribution in [0.4, 0.5) is 0 Å². The lowest BCUT2D eigenvalue weighted by Gasteiger charge is -2.07. The third-order valence-corrected chi connectivity index (χ3v) is 3.05. The normalized spacial score (nSPS) is 14.4. The third-order valence-electron chi connectivity index (χ3n) is 3.05. The smallest absolute Gasteiger partial charge is 0.328 e. The number of ether oxygens (including phenoxy) is 3. The Kier molecular flexibility index (Phi) is 4.99. The molecule has 0 aromatic heterocycles. The van der Waals surface area contributed by atoms with Crippen molar-refractivity contribution in [2.45, 2.75) is 18.9 Å². The van der Waals surface area contributed by atoms with Gasteiger partial charge < -0.3 is 25.1 Å². The number of nitrogens with zero attached hydrogens (tertiary/aromatic N) is 1. The number of rotatable bonds is 7. The zero-order valence-corrected chi connectivity index (χ0v) is 11.7. The largest absolute Gasteiger partial charge is 0.493 e. The van der Waals surface area contributed by atoms with Crippen LogP contribution in [0.1, 0.15) is 18.4 Å². The lowest BCUT2D eigenvalue weighted by molar-refractivity contribution is -0.138. The van der Waals surface area contributed by atoms with Crippen LogP contribution in [0.25, 0.3) is 0 Å². The average Bonchev–Trinajstić information content (AvgIpc) is 2.94. The molecule has 0 bridgehead atoms. The first-order chi connectivity index (χ1) is 10.2. The van der Waals surface area contributed by atoms with Crippen molar-refractivity contribution in [1.82, 2.24) is 0 Å². The van der Waals surface area contributed by atoms with Crippen molar-refractivity contribution in [3.63, 3.8) is 0 Å². The van der Waals surface area contributed by atoms with E-state index in [1.807, 2.05) is 0 Å². The minimum Gasteiger partial charge on any atom is -0.493 e. The number of hydrogen-bond acceptors (Lipinski definition) is 6. The van der Waals surface area contributed by atoms with Gasteiger partial charge in [0.25, 0.3) is 0 Å². The van der Waals surface area contributed by atoms with Gasteiger partial charge in [0.15, 0.2) is 11.5 Å². The van der Waals surface area contributed by atoms with Gasteiger partial charge in [0.05, 0.1) is 7.11 Å². The van der Waals surface area contributed by atoms with Gasteiger partial charge in [-0.15, -0.1) is 0 Å². The summed E-state index contributed by atoms with van der Waals surface area (Å²) in [7, 11) is 1.53. The van der Waals surface area contributed by atoms with Crippen LogP contribution in [-0.2, 0) is 4.79 Å². The number of carboxylic acid groups (broad SMARTS) is 1. The highest BCUT2D eigenvalue weighted by Crippen LogP contribution is 2.41. The number of aliphatic carboxylic acids is 1. The van der Waals surface area contributed by atoms with E-state index in [0.29, 0.717) is 42.2 Å². The average molecular weight is 294 g/mol. The van der Waals surface area contributed by atoms with Gasteiger partial charge >= 0.3 is 5.97 Å². The molecule has 1 aromatic rings. The lowest BCUT2D eigenvalue weighted by Crippen LogP contribution is -2.19. The molecule has 7 heteroatoms. The summed E-state index contributed by atoms with van der Waals surface area (Å²) < 4.78 is 15.8. The number of aliphatic imine (C=N–C) groups is 1. The summed E-state index contributed by atoms with van der Waals surface area (Å²) in [5.74, 6) is 0.671. The Morgan fingerprint density at radius 2 is 2.38 bits per heavy atom. The Bertz CT molecular complexity index is 544. The Balaban J connectivity index is 2.18. The molecule has 0 amide bonds. The van der Waals surface area contributed by atoms with Gasteiger partial charge in [0.2, 0.25) is 12.5 Å². The highest BCUT2D eigenvalue weighted by Gasteiger charge is 2.20. The highest BCUT2D eigenvalue weighted by molar-refractivity contribution is 5.85. The molecule has 21 heavy (non-hydrogen) atoms. The fourth-order valence-electron chi connectivity index (χ4n) is 1.97.